The first-order valence-corrected chi connectivity index (χ1v) is 5.99. The highest BCUT2D eigenvalue weighted by Gasteiger charge is 2.41. The number of carboxylic acid groups (broad SMARTS) is 1. The van der Waals surface area contributed by atoms with Crippen molar-refractivity contribution in [3.05, 3.63) is 0 Å². The Kier molecular flexibility index (Phi) is 4.14. The minimum Gasteiger partial charge on any atom is -0.481 e. The standard InChI is InChI=1S/C12H23NO2/c1-4-6-12(11(14)15)7-5-8-13(9-12)10(2)3/h10H,4-9H2,1-3H3,(H,14,15). The van der Waals surface area contributed by atoms with Gasteiger partial charge in [0.15, 0.2) is 0 Å². The van der Waals surface area contributed by atoms with Gasteiger partial charge in [-0.05, 0) is 39.7 Å². The van der Waals surface area contributed by atoms with E-state index in [1.54, 1.807) is 0 Å². The molecule has 0 aromatic carbocycles. The molecular weight excluding hydrogens is 190 g/mol. The molecule has 0 bridgehead atoms. The second kappa shape index (κ2) is 4.97. The number of rotatable bonds is 4. The molecule has 3 heteroatoms. The average Bonchev–Trinajstić information content (AvgIpc) is 2.18. The first kappa shape index (κ1) is 12.5. The molecule has 0 aromatic rings. The third-order valence-electron chi connectivity index (χ3n) is 3.52. The number of hydrogen-bond acceptors (Lipinski definition) is 2. The number of likely N-dealkylation sites (tertiary alicyclic amines) is 1. The Morgan fingerprint density at radius 3 is 2.67 bits per heavy atom. The maximum absolute atomic E-state index is 11.4. The summed E-state index contributed by atoms with van der Waals surface area (Å²) < 4.78 is 0. The maximum Gasteiger partial charge on any atom is 0.310 e. The summed E-state index contributed by atoms with van der Waals surface area (Å²) >= 11 is 0. The van der Waals surface area contributed by atoms with Crippen molar-refractivity contribution in [3.8, 4) is 0 Å². The molecule has 1 saturated heterocycles. The van der Waals surface area contributed by atoms with Crippen molar-refractivity contribution in [2.45, 2.75) is 52.5 Å². The van der Waals surface area contributed by atoms with E-state index in [0.717, 1.165) is 38.8 Å². The van der Waals surface area contributed by atoms with E-state index in [4.69, 9.17) is 0 Å². The lowest BCUT2D eigenvalue weighted by atomic mass is 9.76. The number of aliphatic carboxylic acids is 1. The van der Waals surface area contributed by atoms with Crippen molar-refractivity contribution in [1.29, 1.82) is 0 Å². The summed E-state index contributed by atoms with van der Waals surface area (Å²) in [7, 11) is 0. The highest BCUT2D eigenvalue weighted by molar-refractivity contribution is 5.75. The lowest BCUT2D eigenvalue weighted by Gasteiger charge is -2.41. The normalized spacial score (nSPS) is 28.3. The summed E-state index contributed by atoms with van der Waals surface area (Å²) in [5.74, 6) is -0.602. The summed E-state index contributed by atoms with van der Waals surface area (Å²) in [4.78, 5) is 13.7. The van der Waals surface area contributed by atoms with Crippen molar-refractivity contribution in [2.24, 2.45) is 5.41 Å². The van der Waals surface area contributed by atoms with Gasteiger partial charge in [0.1, 0.15) is 0 Å². The molecule has 1 atom stereocenters. The number of carbonyl (C=O) groups is 1. The van der Waals surface area contributed by atoms with Gasteiger partial charge < -0.3 is 5.11 Å². The van der Waals surface area contributed by atoms with Crippen molar-refractivity contribution in [1.82, 2.24) is 4.90 Å². The van der Waals surface area contributed by atoms with Crippen LogP contribution in [0.1, 0.15) is 46.5 Å². The molecule has 1 rings (SSSR count). The van der Waals surface area contributed by atoms with Gasteiger partial charge in [0.25, 0.3) is 0 Å². The molecule has 1 fully saturated rings. The summed E-state index contributed by atoms with van der Waals surface area (Å²) in [6.07, 6.45) is 3.63. The van der Waals surface area contributed by atoms with Gasteiger partial charge >= 0.3 is 5.97 Å². The van der Waals surface area contributed by atoms with E-state index in [1.165, 1.54) is 0 Å². The Bertz CT molecular complexity index is 224. The van der Waals surface area contributed by atoms with Gasteiger partial charge in [0, 0.05) is 12.6 Å². The van der Waals surface area contributed by atoms with Crippen molar-refractivity contribution in [3.63, 3.8) is 0 Å². The van der Waals surface area contributed by atoms with Gasteiger partial charge in [-0.2, -0.15) is 0 Å². The van der Waals surface area contributed by atoms with Crippen LogP contribution in [0.3, 0.4) is 0 Å². The molecule has 0 radical (unpaired) electrons. The van der Waals surface area contributed by atoms with Gasteiger partial charge in [-0.25, -0.2) is 0 Å². The Morgan fingerprint density at radius 2 is 2.20 bits per heavy atom. The quantitative estimate of drug-likeness (QED) is 0.779. The average molecular weight is 213 g/mol. The molecule has 0 aliphatic carbocycles. The topological polar surface area (TPSA) is 40.5 Å². The van der Waals surface area contributed by atoms with Crippen molar-refractivity contribution in [2.75, 3.05) is 13.1 Å². The van der Waals surface area contributed by atoms with E-state index in [9.17, 15) is 9.90 Å². The van der Waals surface area contributed by atoms with Crippen LogP contribution >= 0.6 is 0 Å². The first-order chi connectivity index (χ1) is 7.02. The molecule has 0 saturated carbocycles. The fraction of sp³-hybridized carbons (Fsp3) is 0.917. The number of nitrogens with zero attached hydrogens (tertiary/aromatic N) is 1. The molecule has 0 amide bonds. The molecule has 0 aromatic heterocycles. The monoisotopic (exact) mass is 213 g/mol. The van der Waals surface area contributed by atoms with Gasteiger partial charge in [-0.15, -0.1) is 0 Å². The largest absolute Gasteiger partial charge is 0.481 e. The number of hydrogen-bond donors (Lipinski definition) is 1. The van der Waals surface area contributed by atoms with E-state index in [0.29, 0.717) is 6.04 Å². The molecular formula is C12H23NO2. The highest BCUT2D eigenvalue weighted by atomic mass is 16.4. The van der Waals surface area contributed by atoms with Crippen LogP contribution in [0.4, 0.5) is 0 Å². The summed E-state index contributed by atoms with van der Waals surface area (Å²) in [6, 6.07) is 0.459. The Labute approximate surface area is 92.5 Å². The van der Waals surface area contributed by atoms with Gasteiger partial charge in [-0.1, -0.05) is 13.3 Å². The molecule has 1 aliphatic heterocycles. The first-order valence-electron chi connectivity index (χ1n) is 5.99. The third-order valence-corrected chi connectivity index (χ3v) is 3.52. The second-order valence-corrected chi connectivity index (χ2v) is 5.00. The van der Waals surface area contributed by atoms with Crippen LogP contribution < -0.4 is 0 Å². The fourth-order valence-corrected chi connectivity index (χ4v) is 2.57. The highest BCUT2D eigenvalue weighted by Crippen LogP contribution is 2.35. The van der Waals surface area contributed by atoms with Crippen LogP contribution in [0, 0.1) is 5.41 Å². The van der Waals surface area contributed by atoms with E-state index in [2.05, 4.69) is 25.7 Å². The second-order valence-electron chi connectivity index (χ2n) is 5.00. The van der Waals surface area contributed by atoms with Gasteiger partial charge in [0.05, 0.1) is 5.41 Å². The van der Waals surface area contributed by atoms with Crippen molar-refractivity contribution >= 4 is 5.97 Å². The summed E-state index contributed by atoms with van der Waals surface area (Å²) in [5, 5.41) is 9.39. The zero-order valence-electron chi connectivity index (χ0n) is 10.1. The molecule has 1 unspecified atom stereocenters. The Hall–Kier alpha value is -0.570. The molecule has 1 heterocycles. The van der Waals surface area contributed by atoms with E-state index in [1.807, 2.05) is 0 Å². The fourth-order valence-electron chi connectivity index (χ4n) is 2.57. The van der Waals surface area contributed by atoms with Crippen LogP contribution in [0.2, 0.25) is 0 Å². The van der Waals surface area contributed by atoms with Crippen LogP contribution in [0.5, 0.6) is 0 Å². The third kappa shape index (κ3) is 2.71. The van der Waals surface area contributed by atoms with Crippen LogP contribution in [-0.4, -0.2) is 35.1 Å². The van der Waals surface area contributed by atoms with Crippen LogP contribution in [0.15, 0.2) is 0 Å². The number of piperidine rings is 1. The minimum atomic E-state index is -0.602. The molecule has 0 spiro atoms. The van der Waals surface area contributed by atoms with Crippen LogP contribution in [0.25, 0.3) is 0 Å². The zero-order chi connectivity index (χ0) is 11.5. The Morgan fingerprint density at radius 1 is 1.53 bits per heavy atom. The summed E-state index contributed by atoms with van der Waals surface area (Å²) in [6.45, 7) is 8.14. The van der Waals surface area contributed by atoms with E-state index in [-0.39, 0.29) is 0 Å². The molecule has 88 valence electrons. The maximum atomic E-state index is 11.4. The zero-order valence-corrected chi connectivity index (χ0v) is 10.1. The predicted molar refractivity (Wildman–Crippen MR) is 60.9 cm³/mol. The SMILES string of the molecule is CCCC1(C(=O)O)CCCN(C(C)C)C1. The lowest BCUT2D eigenvalue weighted by Crippen LogP contribution is -2.50. The van der Waals surface area contributed by atoms with Gasteiger partial charge in [-0.3, -0.25) is 9.69 Å². The predicted octanol–water partition coefficient (Wildman–Crippen LogP) is 2.36. The van der Waals surface area contributed by atoms with E-state index < -0.39 is 11.4 Å². The smallest absolute Gasteiger partial charge is 0.310 e. The molecule has 1 aliphatic rings. The van der Waals surface area contributed by atoms with Crippen LogP contribution in [-0.2, 0) is 4.79 Å². The lowest BCUT2D eigenvalue weighted by molar-refractivity contribution is -0.153. The van der Waals surface area contributed by atoms with Gasteiger partial charge in [0.2, 0.25) is 0 Å². The summed E-state index contributed by atoms with van der Waals surface area (Å²) in [5.41, 5.74) is -0.475. The van der Waals surface area contributed by atoms with E-state index >= 15 is 0 Å². The molecule has 1 N–H and O–H groups in total. The molecule has 3 nitrogen and oxygen atoms in total. The molecule has 15 heavy (non-hydrogen) atoms. The number of carboxylic acids is 1. The minimum absolute atomic E-state index is 0.459. The Balaban J connectivity index is 2.75. The van der Waals surface area contributed by atoms with Crippen molar-refractivity contribution < 1.29 is 9.90 Å².